The van der Waals surface area contributed by atoms with Crippen molar-refractivity contribution in [2.24, 2.45) is 5.92 Å². The summed E-state index contributed by atoms with van der Waals surface area (Å²) in [5.41, 5.74) is 2.57. The maximum Gasteiger partial charge on any atom is 0.180 e. The summed E-state index contributed by atoms with van der Waals surface area (Å²) in [7, 11) is -3.32. The lowest BCUT2D eigenvalue weighted by Gasteiger charge is -2.33. The Kier molecular flexibility index (Phi) is 4.90. The molecule has 170 valence electrons. The Morgan fingerprint density at radius 1 is 1.09 bits per heavy atom. The molecule has 2 fully saturated rings. The van der Waals surface area contributed by atoms with Crippen LogP contribution in [-0.4, -0.2) is 56.8 Å². The third-order valence-corrected chi connectivity index (χ3v) is 8.47. The summed E-state index contributed by atoms with van der Waals surface area (Å²) in [5, 5.41) is 7.00. The molecule has 1 saturated heterocycles. The maximum absolute atomic E-state index is 12.8. The number of imidazole rings is 1. The number of H-pyrrole nitrogens is 1. The largest absolute Gasteiger partial charge is 0.356 e. The molecule has 6 rings (SSSR count). The number of nitrogens with zero attached hydrogens (tertiary/aromatic N) is 6. The Labute approximate surface area is 191 Å². The van der Waals surface area contributed by atoms with E-state index >= 15 is 0 Å². The monoisotopic (exact) mass is 463 g/mol. The summed E-state index contributed by atoms with van der Waals surface area (Å²) in [6.07, 6.45) is 13.2. The number of nitrogens with one attached hydrogen (secondary N) is 1. The van der Waals surface area contributed by atoms with E-state index in [1.54, 1.807) is 35.1 Å². The van der Waals surface area contributed by atoms with E-state index in [1.807, 2.05) is 18.5 Å². The molecule has 33 heavy (non-hydrogen) atoms. The molecular weight excluding hydrogens is 438 g/mol. The fraction of sp³-hybridized carbons (Fsp3) is 0.391. The van der Waals surface area contributed by atoms with E-state index in [9.17, 15) is 8.42 Å². The lowest BCUT2D eigenvalue weighted by molar-refractivity contribution is 0.507. The summed E-state index contributed by atoms with van der Waals surface area (Å²) in [6, 6.07) is 5.31. The molecule has 0 amide bonds. The average molecular weight is 464 g/mol. The highest BCUT2D eigenvalue weighted by atomic mass is 32.2. The molecular formula is C23H25N7O2S. The standard InChI is InChI=1S/C23H25N7O2S/c31-33(32,15-16-3-4-16)19-5-6-21-25-12-20(30(21)14-19)23-24-8-7-22(28-23)29-9-1-2-17(13-29)18-10-26-27-11-18/h5-8,10-12,14,16-17H,1-4,9,13,15H2,(H,26,27). The number of anilines is 1. The van der Waals surface area contributed by atoms with E-state index < -0.39 is 9.84 Å². The van der Waals surface area contributed by atoms with Gasteiger partial charge < -0.3 is 4.90 Å². The highest BCUT2D eigenvalue weighted by molar-refractivity contribution is 7.91. The molecule has 1 aliphatic carbocycles. The predicted octanol–water partition coefficient (Wildman–Crippen LogP) is 3.08. The zero-order valence-electron chi connectivity index (χ0n) is 18.1. The molecule has 2 aliphatic rings. The van der Waals surface area contributed by atoms with Crippen molar-refractivity contribution in [1.82, 2.24) is 29.5 Å². The molecule has 0 radical (unpaired) electrons. The van der Waals surface area contributed by atoms with Crippen LogP contribution in [0.4, 0.5) is 5.82 Å². The van der Waals surface area contributed by atoms with Crippen molar-refractivity contribution in [2.45, 2.75) is 36.5 Å². The molecule has 0 bridgehead atoms. The quantitative estimate of drug-likeness (QED) is 0.468. The normalized spacial score (nSPS) is 19.3. The molecule has 1 unspecified atom stereocenters. The van der Waals surface area contributed by atoms with Gasteiger partial charge in [-0.2, -0.15) is 5.10 Å². The second-order valence-electron chi connectivity index (χ2n) is 9.02. The molecule has 0 aromatic carbocycles. The molecule has 4 aromatic heterocycles. The highest BCUT2D eigenvalue weighted by Crippen LogP contribution is 2.33. The summed E-state index contributed by atoms with van der Waals surface area (Å²) < 4.78 is 27.4. The van der Waals surface area contributed by atoms with Crippen LogP contribution in [-0.2, 0) is 9.84 Å². The minimum atomic E-state index is -3.32. The molecule has 4 aromatic rings. The van der Waals surface area contributed by atoms with Crippen molar-refractivity contribution >= 4 is 21.3 Å². The number of aromatic nitrogens is 6. The van der Waals surface area contributed by atoms with Gasteiger partial charge in [0.15, 0.2) is 15.7 Å². The van der Waals surface area contributed by atoms with Gasteiger partial charge in [-0.05, 0) is 55.4 Å². The third kappa shape index (κ3) is 3.99. The maximum atomic E-state index is 12.8. The van der Waals surface area contributed by atoms with Crippen LogP contribution < -0.4 is 4.90 Å². The van der Waals surface area contributed by atoms with Crippen LogP contribution in [0, 0.1) is 5.92 Å². The molecule has 1 atom stereocenters. The average Bonchev–Trinajstić information content (AvgIpc) is 3.30. The highest BCUT2D eigenvalue weighted by Gasteiger charge is 2.29. The summed E-state index contributed by atoms with van der Waals surface area (Å²) in [6.45, 7) is 1.80. The number of aromatic amines is 1. The lowest BCUT2D eigenvalue weighted by atomic mass is 9.93. The predicted molar refractivity (Wildman–Crippen MR) is 124 cm³/mol. The van der Waals surface area contributed by atoms with Crippen LogP contribution in [0.25, 0.3) is 17.2 Å². The van der Waals surface area contributed by atoms with Crippen LogP contribution in [0.5, 0.6) is 0 Å². The van der Waals surface area contributed by atoms with E-state index in [-0.39, 0.29) is 5.75 Å². The first kappa shape index (κ1) is 20.3. The van der Waals surface area contributed by atoms with E-state index in [4.69, 9.17) is 4.98 Å². The number of fused-ring (bicyclic) bond motifs is 1. The number of hydrogen-bond donors (Lipinski definition) is 1. The van der Waals surface area contributed by atoms with Crippen LogP contribution >= 0.6 is 0 Å². The molecule has 1 saturated carbocycles. The van der Waals surface area contributed by atoms with Gasteiger partial charge in [0, 0.05) is 37.6 Å². The molecule has 9 nitrogen and oxygen atoms in total. The van der Waals surface area contributed by atoms with Gasteiger partial charge in [0.1, 0.15) is 17.2 Å². The molecule has 10 heteroatoms. The third-order valence-electron chi connectivity index (χ3n) is 6.60. The van der Waals surface area contributed by atoms with Crippen molar-refractivity contribution in [1.29, 1.82) is 0 Å². The first-order chi connectivity index (χ1) is 16.1. The second-order valence-corrected chi connectivity index (χ2v) is 11.1. The molecule has 5 heterocycles. The van der Waals surface area contributed by atoms with Crippen LogP contribution in [0.15, 0.2) is 54.1 Å². The fourth-order valence-electron chi connectivity index (χ4n) is 4.59. The van der Waals surface area contributed by atoms with Gasteiger partial charge in [-0.1, -0.05) is 0 Å². The minimum Gasteiger partial charge on any atom is -0.356 e. The van der Waals surface area contributed by atoms with Crippen LogP contribution in [0.1, 0.15) is 37.2 Å². The number of sulfone groups is 1. The Hall–Kier alpha value is -3.27. The summed E-state index contributed by atoms with van der Waals surface area (Å²) in [4.78, 5) is 16.4. The minimum absolute atomic E-state index is 0.210. The zero-order chi connectivity index (χ0) is 22.4. The fourth-order valence-corrected chi connectivity index (χ4v) is 6.28. The van der Waals surface area contributed by atoms with Gasteiger partial charge in [0.05, 0.1) is 23.0 Å². The Morgan fingerprint density at radius 2 is 2.00 bits per heavy atom. The van der Waals surface area contributed by atoms with E-state index in [0.29, 0.717) is 33.9 Å². The number of hydrogen-bond acceptors (Lipinski definition) is 7. The van der Waals surface area contributed by atoms with E-state index in [1.165, 1.54) is 5.56 Å². The smallest absolute Gasteiger partial charge is 0.180 e. The van der Waals surface area contributed by atoms with Crippen molar-refractivity contribution in [2.75, 3.05) is 23.7 Å². The Bertz CT molecular complexity index is 1390. The second kappa shape index (κ2) is 7.95. The van der Waals surface area contributed by atoms with Crippen LogP contribution in [0.3, 0.4) is 0 Å². The Morgan fingerprint density at radius 3 is 2.82 bits per heavy atom. The number of rotatable bonds is 6. The topological polar surface area (TPSA) is 109 Å². The molecule has 1 N–H and O–H groups in total. The molecule has 0 spiro atoms. The van der Waals surface area contributed by atoms with Crippen molar-refractivity contribution in [3.8, 4) is 11.5 Å². The van der Waals surface area contributed by atoms with Crippen molar-refractivity contribution in [3.05, 3.63) is 54.7 Å². The zero-order valence-corrected chi connectivity index (χ0v) is 18.9. The van der Waals surface area contributed by atoms with Gasteiger partial charge in [-0.25, -0.2) is 23.4 Å². The van der Waals surface area contributed by atoms with Crippen molar-refractivity contribution < 1.29 is 8.42 Å². The van der Waals surface area contributed by atoms with Gasteiger partial charge in [0.25, 0.3) is 0 Å². The lowest BCUT2D eigenvalue weighted by Crippen LogP contribution is -2.34. The number of piperidine rings is 1. The summed E-state index contributed by atoms with van der Waals surface area (Å²) >= 11 is 0. The van der Waals surface area contributed by atoms with E-state index in [2.05, 4.69) is 25.1 Å². The van der Waals surface area contributed by atoms with Gasteiger partial charge in [-0.15, -0.1) is 0 Å². The van der Waals surface area contributed by atoms with Crippen molar-refractivity contribution in [3.63, 3.8) is 0 Å². The van der Waals surface area contributed by atoms with Gasteiger partial charge in [-0.3, -0.25) is 9.50 Å². The van der Waals surface area contributed by atoms with Gasteiger partial charge >= 0.3 is 0 Å². The summed E-state index contributed by atoms with van der Waals surface area (Å²) in [5.74, 6) is 2.30. The molecule has 1 aliphatic heterocycles. The first-order valence-corrected chi connectivity index (χ1v) is 13.0. The van der Waals surface area contributed by atoms with E-state index in [0.717, 1.165) is 44.6 Å². The van der Waals surface area contributed by atoms with Crippen LogP contribution in [0.2, 0.25) is 0 Å². The number of pyridine rings is 1. The SMILES string of the molecule is O=S(=O)(CC1CC1)c1ccc2ncc(-c3nccc(N4CCCC(c5cn[nH]c5)C4)n3)n2c1. The Balaban J connectivity index is 1.32. The van der Waals surface area contributed by atoms with Gasteiger partial charge in [0.2, 0.25) is 0 Å². The first-order valence-electron chi connectivity index (χ1n) is 11.3.